The number of carbonyl (C=O) groups excluding carboxylic acids is 1. The zero-order valence-corrected chi connectivity index (χ0v) is 18.0. The summed E-state index contributed by atoms with van der Waals surface area (Å²) in [5.41, 5.74) is 1.87. The molecule has 1 amide bonds. The Balaban J connectivity index is 1.63. The predicted octanol–water partition coefficient (Wildman–Crippen LogP) is 3.33. The van der Waals surface area contributed by atoms with Crippen molar-refractivity contribution in [3.05, 3.63) is 59.9 Å². The summed E-state index contributed by atoms with van der Waals surface area (Å²) in [6.07, 6.45) is 4.33. The molecule has 2 aromatic rings. The number of ether oxygens (including phenoxy) is 1. The van der Waals surface area contributed by atoms with Gasteiger partial charge in [0.25, 0.3) is 0 Å². The number of carbonyl (C=O) groups is 1. The van der Waals surface area contributed by atoms with E-state index >= 15 is 0 Å². The fourth-order valence-electron chi connectivity index (χ4n) is 3.11. The third-order valence-electron chi connectivity index (χ3n) is 4.68. The van der Waals surface area contributed by atoms with E-state index in [0.717, 1.165) is 17.5 Å². The van der Waals surface area contributed by atoms with Gasteiger partial charge in [-0.15, -0.1) is 11.8 Å². The Hall–Kier alpha value is -2.09. The van der Waals surface area contributed by atoms with Crippen molar-refractivity contribution in [2.24, 2.45) is 0 Å². The van der Waals surface area contributed by atoms with Crippen LogP contribution in [0, 0.1) is 0 Å². The zero-order chi connectivity index (χ0) is 20.9. The number of aromatic hydroxyl groups is 1. The second-order valence-corrected chi connectivity index (χ2v) is 9.21. The number of phenols is 1. The lowest BCUT2D eigenvalue weighted by Gasteiger charge is -2.31. The van der Waals surface area contributed by atoms with E-state index in [1.54, 1.807) is 30.1 Å². The number of hydrogen-bond acceptors (Lipinski definition) is 6. The normalized spacial score (nSPS) is 20.0. The van der Waals surface area contributed by atoms with Crippen LogP contribution in [-0.4, -0.2) is 51.6 Å². The minimum absolute atomic E-state index is 0.0141. The van der Waals surface area contributed by atoms with Gasteiger partial charge in [-0.3, -0.25) is 14.7 Å². The molecule has 0 aliphatic carbocycles. The average Bonchev–Trinajstić information content (AvgIpc) is 3.12. The summed E-state index contributed by atoms with van der Waals surface area (Å²) in [5.74, 6) is 0.967. The Labute approximate surface area is 176 Å². The molecule has 2 atom stereocenters. The van der Waals surface area contributed by atoms with Crippen molar-refractivity contribution in [1.82, 2.24) is 15.2 Å². The first-order chi connectivity index (χ1) is 13.8. The fourth-order valence-corrected chi connectivity index (χ4v) is 4.55. The monoisotopic (exact) mass is 415 g/mol. The third kappa shape index (κ3) is 6.19. The molecule has 7 heteroatoms. The molecule has 1 fully saturated rings. The lowest BCUT2D eigenvalue weighted by atomic mass is 10.1. The quantitative estimate of drug-likeness (QED) is 0.723. The van der Waals surface area contributed by atoms with Gasteiger partial charge in [-0.25, -0.2) is 0 Å². The zero-order valence-electron chi connectivity index (χ0n) is 17.2. The van der Waals surface area contributed by atoms with Gasteiger partial charge in [0.2, 0.25) is 5.91 Å². The minimum Gasteiger partial charge on any atom is -0.508 e. The summed E-state index contributed by atoms with van der Waals surface area (Å²) in [7, 11) is 0. The number of nitrogens with one attached hydrogen (secondary N) is 1. The molecule has 6 nitrogen and oxygen atoms in total. The van der Waals surface area contributed by atoms with Crippen molar-refractivity contribution in [3.8, 4) is 5.75 Å². The van der Waals surface area contributed by atoms with Crippen molar-refractivity contribution in [2.75, 3.05) is 19.0 Å². The van der Waals surface area contributed by atoms with E-state index in [-0.39, 0.29) is 28.7 Å². The van der Waals surface area contributed by atoms with E-state index in [2.05, 4.69) is 15.2 Å². The van der Waals surface area contributed by atoms with Crippen molar-refractivity contribution in [2.45, 2.75) is 44.2 Å². The summed E-state index contributed by atoms with van der Waals surface area (Å²) in [6.45, 7) is 6.98. The van der Waals surface area contributed by atoms with Crippen LogP contribution in [0.1, 0.15) is 37.3 Å². The van der Waals surface area contributed by atoms with Crippen LogP contribution in [0.4, 0.5) is 0 Å². The number of thioether (sulfide) groups is 1. The van der Waals surface area contributed by atoms with Crippen LogP contribution in [-0.2, 0) is 16.0 Å². The molecule has 2 unspecified atom stereocenters. The highest BCUT2D eigenvalue weighted by Crippen LogP contribution is 2.41. The van der Waals surface area contributed by atoms with Gasteiger partial charge in [0.15, 0.2) is 0 Å². The third-order valence-corrected chi connectivity index (χ3v) is 6.05. The molecule has 1 aromatic heterocycles. The molecule has 0 radical (unpaired) electrons. The SMILES string of the molecule is CC(C)(C)OCN1C(C(=O)NCCc2ccc(O)cc2)CSC1c1cccnc1. The molecular weight excluding hydrogens is 386 g/mol. The Bertz CT molecular complexity index is 793. The highest BCUT2D eigenvalue weighted by molar-refractivity contribution is 7.99. The van der Waals surface area contributed by atoms with Crippen LogP contribution in [0.5, 0.6) is 5.75 Å². The van der Waals surface area contributed by atoms with Gasteiger partial charge in [-0.2, -0.15) is 0 Å². The molecule has 156 valence electrons. The second kappa shape index (κ2) is 9.61. The van der Waals surface area contributed by atoms with Crippen molar-refractivity contribution < 1.29 is 14.6 Å². The summed E-state index contributed by atoms with van der Waals surface area (Å²) < 4.78 is 6.02. The molecule has 1 saturated heterocycles. The topological polar surface area (TPSA) is 74.7 Å². The summed E-state index contributed by atoms with van der Waals surface area (Å²) >= 11 is 1.74. The highest BCUT2D eigenvalue weighted by Gasteiger charge is 2.39. The van der Waals surface area contributed by atoms with Gasteiger partial charge in [0.05, 0.1) is 11.0 Å². The van der Waals surface area contributed by atoms with E-state index in [1.807, 2.05) is 51.2 Å². The number of amides is 1. The number of rotatable bonds is 7. The Kier molecular flexibility index (Phi) is 7.16. The first kappa shape index (κ1) is 21.6. The van der Waals surface area contributed by atoms with E-state index in [0.29, 0.717) is 19.0 Å². The predicted molar refractivity (Wildman–Crippen MR) is 116 cm³/mol. The maximum atomic E-state index is 12.9. The number of phenolic OH excluding ortho intramolecular Hbond substituents is 1. The van der Waals surface area contributed by atoms with E-state index in [4.69, 9.17) is 4.74 Å². The van der Waals surface area contributed by atoms with Gasteiger partial charge in [0, 0.05) is 24.7 Å². The summed E-state index contributed by atoms with van der Waals surface area (Å²) in [5, 5.41) is 12.5. The van der Waals surface area contributed by atoms with Gasteiger partial charge >= 0.3 is 0 Å². The van der Waals surface area contributed by atoms with Crippen molar-refractivity contribution in [1.29, 1.82) is 0 Å². The van der Waals surface area contributed by atoms with Crippen LogP contribution in [0.3, 0.4) is 0 Å². The molecule has 1 aromatic carbocycles. The molecular formula is C22H29N3O3S. The molecule has 0 saturated carbocycles. The Morgan fingerprint density at radius 2 is 2.07 bits per heavy atom. The molecule has 3 rings (SSSR count). The number of aromatic nitrogens is 1. The molecule has 2 N–H and O–H groups in total. The number of hydrogen-bond donors (Lipinski definition) is 2. The number of benzene rings is 1. The molecule has 1 aliphatic rings. The molecule has 2 heterocycles. The lowest BCUT2D eigenvalue weighted by molar-refractivity contribution is -0.131. The first-order valence-electron chi connectivity index (χ1n) is 9.80. The maximum Gasteiger partial charge on any atom is 0.238 e. The molecule has 0 bridgehead atoms. The van der Waals surface area contributed by atoms with E-state index in [1.165, 1.54) is 0 Å². The lowest BCUT2D eigenvalue weighted by Crippen LogP contribution is -2.47. The second-order valence-electron chi connectivity index (χ2n) is 8.10. The van der Waals surface area contributed by atoms with Crippen molar-refractivity contribution in [3.63, 3.8) is 0 Å². The van der Waals surface area contributed by atoms with Gasteiger partial charge < -0.3 is 15.2 Å². The Morgan fingerprint density at radius 1 is 1.31 bits per heavy atom. The maximum absolute atomic E-state index is 12.9. The van der Waals surface area contributed by atoms with Crippen LogP contribution in [0.2, 0.25) is 0 Å². The van der Waals surface area contributed by atoms with Crippen LogP contribution in [0.15, 0.2) is 48.8 Å². The largest absolute Gasteiger partial charge is 0.508 e. The molecule has 1 aliphatic heterocycles. The van der Waals surface area contributed by atoms with Gasteiger partial charge in [-0.05, 0) is 56.5 Å². The van der Waals surface area contributed by atoms with E-state index in [9.17, 15) is 9.90 Å². The van der Waals surface area contributed by atoms with E-state index < -0.39 is 0 Å². The summed E-state index contributed by atoms with van der Waals surface area (Å²) in [4.78, 5) is 19.3. The smallest absolute Gasteiger partial charge is 0.238 e. The summed E-state index contributed by atoms with van der Waals surface area (Å²) in [6, 6.07) is 10.8. The molecule has 0 spiro atoms. The highest BCUT2D eigenvalue weighted by atomic mass is 32.2. The van der Waals surface area contributed by atoms with Crippen LogP contribution >= 0.6 is 11.8 Å². The van der Waals surface area contributed by atoms with Gasteiger partial charge in [-0.1, -0.05) is 18.2 Å². The number of nitrogens with zero attached hydrogens (tertiary/aromatic N) is 2. The van der Waals surface area contributed by atoms with Crippen LogP contribution < -0.4 is 5.32 Å². The van der Waals surface area contributed by atoms with Gasteiger partial charge in [0.1, 0.15) is 18.5 Å². The number of pyridine rings is 1. The Morgan fingerprint density at radius 3 is 2.72 bits per heavy atom. The minimum atomic E-state index is -0.285. The van der Waals surface area contributed by atoms with Crippen LogP contribution in [0.25, 0.3) is 0 Å². The average molecular weight is 416 g/mol. The fraction of sp³-hybridized carbons (Fsp3) is 0.455. The van der Waals surface area contributed by atoms with Crippen molar-refractivity contribution >= 4 is 17.7 Å². The first-order valence-corrected chi connectivity index (χ1v) is 10.9. The standard InChI is InChI=1S/C22H29N3O3S/c1-22(2,3)28-15-25-19(14-29-21(25)17-5-4-11-23-13-17)20(27)24-12-10-16-6-8-18(26)9-7-16/h4-9,11,13,19,21,26H,10,12,14-15H2,1-3H3,(H,24,27). The molecule has 29 heavy (non-hydrogen) atoms.